The SMILES string of the molecule is Cc1c(C#N)ccc(N2C(=O)CC[C@@H]2[C@H](O)C(F)(F)F)c1C. The molecule has 0 aromatic heterocycles. The molecule has 0 aliphatic carbocycles. The fourth-order valence-corrected chi connectivity index (χ4v) is 2.72. The van der Waals surface area contributed by atoms with Gasteiger partial charge in [-0.25, -0.2) is 0 Å². The minimum Gasteiger partial charge on any atom is -0.382 e. The lowest BCUT2D eigenvalue weighted by Crippen LogP contribution is -2.48. The second kappa shape index (κ2) is 5.61. The second-order valence-corrected chi connectivity index (χ2v) is 5.35. The first-order valence-electron chi connectivity index (χ1n) is 6.75. The Balaban J connectivity index is 2.48. The van der Waals surface area contributed by atoms with Crippen LogP contribution in [0.3, 0.4) is 0 Å². The standard InChI is InChI=1S/C15H15F3N2O2/c1-8-9(2)11(4-3-10(8)7-19)20-12(5-6-13(20)21)14(22)15(16,17)18/h3-4,12,14,22H,5-6H2,1-2H3/t12-,14+/m1/s1. The molecule has 1 aromatic rings. The highest BCUT2D eigenvalue weighted by molar-refractivity contribution is 5.97. The fraction of sp³-hybridized carbons (Fsp3) is 0.467. The molecule has 0 bridgehead atoms. The molecule has 2 rings (SSSR count). The number of amides is 1. The lowest BCUT2D eigenvalue weighted by Gasteiger charge is -2.31. The maximum atomic E-state index is 12.8. The molecule has 118 valence electrons. The van der Waals surface area contributed by atoms with E-state index in [0.29, 0.717) is 22.4 Å². The number of carbonyl (C=O) groups is 1. The quantitative estimate of drug-likeness (QED) is 0.913. The lowest BCUT2D eigenvalue weighted by atomic mass is 10.00. The van der Waals surface area contributed by atoms with Crippen molar-refractivity contribution in [1.82, 2.24) is 0 Å². The number of aliphatic hydroxyl groups excluding tert-OH is 1. The van der Waals surface area contributed by atoms with Gasteiger partial charge in [-0.3, -0.25) is 4.79 Å². The molecular weight excluding hydrogens is 297 g/mol. The summed E-state index contributed by atoms with van der Waals surface area (Å²) >= 11 is 0. The molecule has 4 nitrogen and oxygen atoms in total. The highest BCUT2D eigenvalue weighted by atomic mass is 19.4. The summed E-state index contributed by atoms with van der Waals surface area (Å²) in [6.45, 7) is 3.32. The zero-order valence-electron chi connectivity index (χ0n) is 12.1. The Morgan fingerprint density at radius 2 is 2.00 bits per heavy atom. The van der Waals surface area contributed by atoms with Crippen LogP contribution in [-0.4, -0.2) is 29.3 Å². The molecular formula is C15H15F3N2O2. The third kappa shape index (κ3) is 2.66. The van der Waals surface area contributed by atoms with E-state index in [1.807, 2.05) is 6.07 Å². The van der Waals surface area contributed by atoms with Gasteiger partial charge in [-0.05, 0) is 43.5 Å². The molecule has 1 aromatic carbocycles. The van der Waals surface area contributed by atoms with Crippen LogP contribution in [0.5, 0.6) is 0 Å². The van der Waals surface area contributed by atoms with Gasteiger partial charge < -0.3 is 10.0 Å². The second-order valence-electron chi connectivity index (χ2n) is 5.35. The van der Waals surface area contributed by atoms with Crippen molar-refractivity contribution in [3.05, 3.63) is 28.8 Å². The molecule has 7 heteroatoms. The van der Waals surface area contributed by atoms with Crippen molar-refractivity contribution < 1.29 is 23.1 Å². The Kier molecular flexibility index (Phi) is 4.16. The summed E-state index contributed by atoms with van der Waals surface area (Å²) in [5.74, 6) is -0.458. The van der Waals surface area contributed by atoms with E-state index >= 15 is 0 Å². The predicted molar refractivity (Wildman–Crippen MR) is 73.2 cm³/mol. The van der Waals surface area contributed by atoms with Crippen LogP contribution in [0.1, 0.15) is 29.5 Å². The van der Waals surface area contributed by atoms with Gasteiger partial charge in [0.15, 0.2) is 6.10 Å². The third-order valence-corrected chi connectivity index (χ3v) is 4.09. The van der Waals surface area contributed by atoms with Gasteiger partial charge in [-0.1, -0.05) is 0 Å². The number of aliphatic hydroxyl groups is 1. The van der Waals surface area contributed by atoms with E-state index in [-0.39, 0.29) is 12.8 Å². The summed E-state index contributed by atoms with van der Waals surface area (Å²) in [6.07, 6.45) is -7.48. The Hall–Kier alpha value is -2.07. The molecule has 1 fully saturated rings. The van der Waals surface area contributed by atoms with E-state index in [2.05, 4.69) is 0 Å². The number of rotatable bonds is 2. The maximum absolute atomic E-state index is 12.8. The Morgan fingerprint density at radius 1 is 1.36 bits per heavy atom. The topological polar surface area (TPSA) is 64.3 Å². The van der Waals surface area contributed by atoms with E-state index in [1.54, 1.807) is 13.8 Å². The average Bonchev–Trinajstić information content (AvgIpc) is 2.81. The molecule has 1 heterocycles. The molecule has 1 N–H and O–H groups in total. The smallest absolute Gasteiger partial charge is 0.382 e. The number of hydrogen-bond acceptors (Lipinski definition) is 3. The Bertz CT molecular complexity index is 649. The van der Waals surface area contributed by atoms with E-state index < -0.39 is 24.2 Å². The highest BCUT2D eigenvalue weighted by Crippen LogP contribution is 2.36. The molecule has 0 unspecified atom stereocenters. The normalized spacial score (nSPS) is 20.1. The first-order valence-corrected chi connectivity index (χ1v) is 6.75. The molecule has 1 saturated heterocycles. The van der Waals surface area contributed by atoms with E-state index in [0.717, 1.165) is 4.90 Å². The summed E-state index contributed by atoms with van der Waals surface area (Å²) in [5, 5.41) is 18.5. The number of nitrogens with zero attached hydrogens (tertiary/aromatic N) is 2. The van der Waals surface area contributed by atoms with Gasteiger partial charge in [0.05, 0.1) is 17.7 Å². The van der Waals surface area contributed by atoms with Gasteiger partial charge >= 0.3 is 6.18 Å². The van der Waals surface area contributed by atoms with Crippen LogP contribution in [0.2, 0.25) is 0 Å². The van der Waals surface area contributed by atoms with Crippen molar-refractivity contribution in [3.63, 3.8) is 0 Å². The lowest BCUT2D eigenvalue weighted by molar-refractivity contribution is -0.209. The molecule has 22 heavy (non-hydrogen) atoms. The van der Waals surface area contributed by atoms with Crippen molar-refractivity contribution in [2.24, 2.45) is 0 Å². The van der Waals surface area contributed by atoms with Crippen LogP contribution in [0, 0.1) is 25.2 Å². The van der Waals surface area contributed by atoms with E-state index in [9.17, 15) is 23.1 Å². The van der Waals surface area contributed by atoms with Crippen LogP contribution in [0.25, 0.3) is 0 Å². The monoisotopic (exact) mass is 312 g/mol. The average molecular weight is 312 g/mol. The number of alkyl halides is 3. The number of carbonyl (C=O) groups excluding carboxylic acids is 1. The fourth-order valence-electron chi connectivity index (χ4n) is 2.72. The summed E-state index contributed by atoms with van der Waals surface area (Å²) in [4.78, 5) is 13.0. The van der Waals surface area contributed by atoms with Crippen LogP contribution in [-0.2, 0) is 4.79 Å². The van der Waals surface area contributed by atoms with E-state index in [1.165, 1.54) is 12.1 Å². The zero-order chi connectivity index (χ0) is 16.7. The maximum Gasteiger partial charge on any atom is 0.416 e. The molecule has 0 radical (unpaired) electrons. The summed E-state index contributed by atoms with van der Waals surface area (Å²) in [5.41, 5.74) is 1.89. The summed E-state index contributed by atoms with van der Waals surface area (Å²) < 4.78 is 38.4. The van der Waals surface area contributed by atoms with Crippen molar-refractivity contribution in [2.45, 2.75) is 45.0 Å². The van der Waals surface area contributed by atoms with Gasteiger partial charge in [-0.2, -0.15) is 18.4 Å². The highest BCUT2D eigenvalue weighted by Gasteiger charge is 2.49. The number of hydrogen-bond donors (Lipinski definition) is 1. The largest absolute Gasteiger partial charge is 0.416 e. The molecule has 0 spiro atoms. The van der Waals surface area contributed by atoms with Gasteiger partial charge in [0.1, 0.15) is 0 Å². The first kappa shape index (κ1) is 16.3. The molecule has 1 aliphatic heterocycles. The Morgan fingerprint density at radius 3 is 2.55 bits per heavy atom. The summed E-state index contributed by atoms with van der Waals surface area (Å²) in [6, 6.07) is 3.59. The molecule has 0 saturated carbocycles. The summed E-state index contributed by atoms with van der Waals surface area (Å²) in [7, 11) is 0. The van der Waals surface area contributed by atoms with E-state index in [4.69, 9.17) is 5.26 Å². The Labute approximate surface area is 125 Å². The zero-order valence-corrected chi connectivity index (χ0v) is 12.1. The van der Waals surface area contributed by atoms with Crippen LogP contribution >= 0.6 is 0 Å². The van der Waals surface area contributed by atoms with Crippen LogP contribution < -0.4 is 4.90 Å². The molecule has 2 atom stereocenters. The molecule has 1 amide bonds. The van der Waals surface area contributed by atoms with Gasteiger partial charge in [0.25, 0.3) is 0 Å². The van der Waals surface area contributed by atoms with Gasteiger partial charge in [0, 0.05) is 12.1 Å². The number of anilines is 1. The van der Waals surface area contributed by atoms with Crippen molar-refractivity contribution >= 4 is 11.6 Å². The number of nitriles is 1. The minimum absolute atomic E-state index is 0.0453. The first-order chi connectivity index (χ1) is 10.2. The predicted octanol–water partition coefficient (Wildman–Crippen LogP) is 2.59. The number of benzene rings is 1. The van der Waals surface area contributed by atoms with Gasteiger partial charge in [-0.15, -0.1) is 0 Å². The van der Waals surface area contributed by atoms with Crippen LogP contribution in [0.4, 0.5) is 18.9 Å². The van der Waals surface area contributed by atoms with Crippen LogP contribution in [0.15, 0.2) is 12.1 Å². The van der Waals surface area contributed by atoms with Gasteiger partial charge in [0.2, 0.25) is 5.91 Å². The van der Waals surface area contributed by atoms with Crippen molar-refractivity contribution in [1.29, 1.82) is 5.26 Å². The molecule has 1 aliphatic rings. The number of halogens is 3. The third-order valence-electron chi connectivity index (χ3n) is 4.09. The van der Waals surface area contributed by atoms with Crippen molar-refractivity contribution in [2.75, 3.05) is 4.90 Å². The van der Waals surface area contributed by atoms with Crippen molar-refractivity contribution in [3.8, 4) is 6.07 Å². The minimum atomic E-state index is -4.79.